The molecule has 0 unspecified atom stereocenters. The molecule has 18 heavy (non-hydrogen) atoms. The maximum absolute atomic E-state index is 5.42. The average Bonchev–Trinajstić information content (AvgIpc) is 2.26. The van der Waals surface area contributed by atoms with E-state index >= 15 is 0 Å². The van der Waals surface area contributed by atoms with Crippen molar-refractivity contribution in [1.82, 2.24) is 4.90 Å². The van der Waals surface area contributed by atoms with Crippen LogP contribution in [-0.4, -0.2) is 31.4 Å². The van der Waals surface area contributed by atoms with Gasteiger partial charge in [0.15, 0.2) is 0 Å². The molecule has 1 aromatic carbocycles. The average molecular weight is 248 g/mol. The molecule has 3 heteroatoms. The van der Waals surface area contributed by atoms with Crippen LogP contribution in [-0.2, 0) is 0 Å². The minimum absolute atomic E-state index is 0.0299. The third-order valence-corrected chi connectivity index (χ3v) is 2.48. The van der Waals surface area contributed by atoms with Crippen molar-refractivity contribution >= 4 is 11.5 Å². The third kappa shape index (κ3) is 4.06. The molecule has 0 fully saturated rings. The summed E-state index contributed by atoms with van der Waals surface area (Å²) in [5.74, 6) is 1.95. The van der Waals surface area contributed by atoms with E-state index < -0.39 is 0 Å². The second-order valence-electron chi connectivity index (χ2n) is 5.51. The van der Waals surface area contributed by atoms with Crippen LogP contribution in [0.5, 0.6) is 5.75 Å². The van der Waals surface area contributed by atoms with Crippen molar-refractivity contribution in [2.24, 2.45) is 10.4 Å². The fourth-order valence-electron chi connectivity index (χ4n) is 1.84. The van der Waals surface area contributed by atoms with Crippen molar-refractivity contribution in [1.29, 1.82) is 0 Å². The summed E-state index contributed by atoms with van der Waals surface area (Å²) in [6, 6.07) is 7.89. The van der Waals surface area contributed by atoms with Gasteiger partial charge in [0.05, 0.1) is 12.3 Å². The zero-order chi connectivity index (χ0) is 13.8. The van der Waals surface area contributed by atoms with Crippen molar-refractivity contribution in [3.63, 3.8) is 0 Å². The van der Waals surface area contributed by atoms with E-state index in [1.165, 1.54) is 0 Å². The lowest BCUT2D eigenvalue weighted by atomic mass is 9.94. The Labute approximate surface area is 110 Å². The van der Waals surface area contributed by atoms with Crippen molar-refractivity contribution in [3.05, 3.63) is 24.3 Å². The van der Waals surface area contributed by atoms with Crippen molar-refractivity contribution < 1.29 is 4.74 Å². The third-order valence-electron chi connectivity index (χ3n) is 2.48. The first-order valence-electron chi connectivity index (χ1n) is 6.34. The van der Waals surface area contributed by atoms with Gasteiger partial charge in [-0.2, -0.15) is 0 Å². The van der Waals surface area contributed by atoms with E-state index in [1.54, 1.807) is 0 Å². The van der Waals surface area contributed by atoms with Crippen LogP contribution in [0.2, 0.25) is 0 Å². The Hall–Kier alpha value is -1.51. The predicted octanol–water partition coefficient (Wildman–Crippen LogP) is 3.72. The molecule has 0 saturated carbocycles. The Morgan fingerprint density at radius 3 is 2.11 bits per heavy atom. The molecule has 1 rings (SSSR count). The topological polar surface area (TPSA) is 24.8 Å². The Morgan fingerprint density at radius 1 is 1.17 bits per heavy atom. The molecular weight excluding hydrogens is 224 g/mol. The number of benzene rings is 1. The molecule has 0 bridgehead atoms. The van der Waals surface area contributed by atoms with E-state index in [9.17, 15) is 0 Å². The summed E-state index contributed by atoms with van der Waals surface area (Å²) in [4.78, 5) is 6.78. The van der Waals surface area contributed by atoms with E-state index in [0.717, 1.165) is 17.3 Å². The summed E-state index contributed by atoms with van der Waals surface area (Å²) in [6.45, 7) is 9.17. The zero-order valence-electron chi connectivity index (χ0n) is 12.3. The van der Waals surface area contributed by atoms with Crippen LogP contribution >= 0.6 is 0 Å². The first-order chi connectivity index (χ1) is 8.34. The van der Waals surface area contributed by atoms with Gasteiger partial charge in [-0.25, -0.2) is 4.99 Å². The molecule has 0 aromatic heterocycles. The first-order valence-corrected chi connectivity index (χ1v) is 6.34. The molecule has 0 N–H and O–H groups in total. The molecule has 0 aliphatic heterocycles. The Bertz CT molecular complexity index is 399. The molecule has 1 aromatic rings. The summed E-state index contributed by atoms with van der Waals surface area (Å²) < 4.78 is 5.42. The van der Waals surface area contributed by atoms with Crippen molar-refractivity contribution in [2.45, 2.75) is 27.7 Å². The minimum atomic E-state index is 0.0299. The monoisotopic (exact) mass is 248 g/mol. The first kappa shape index (κ1) is 14.6. The summed E-state index contributed by atoms with van der Waals surface area (Å²) in [7, 11) is 4.05. The number of hydrogen-bond acceptors (Lipinski definition) is 2. The highest BCUT2D eigenvalue weighted by molar-refractivity contribution is 5.89. The summed E-state index contributed by atoms with van der Waals surface area (Å²) >= 11 is 0. The number of nitrogens with zero attached hydrogens (tertiary/aromatic N) is 2. The highest BCUT2D eigenvalue weighted by Gasteiger charge is 2.20. The molecule has 0 atom stereocenters. The SMILES string of the molecule is CCOc1ccc(N=C(N(C)C)C(C)(C)C)cc1. The second-order valence-corrected chi connectivity index (χ2v) is 5.51. The van der Waals surface area contributed by atoms with Crippen molar-refractivity contribution in [2.75, 3.05) is 20.7 Å². The largest absolute Gasteiger partial charge is 0.494 e. The van der Waals surface area contributed by atoms with E-state index in [4.69, 9.17) is 9.73 Å². The van der Waals surface area contributed by atoms with E-state index in [-0.39, 0.29) is 5.41 Å². The van der Waals surface area contributed by atoms with Crippen LogP contribution in [0.1, 0.15) is 27.7 Å². The van der Waals surface area contributed by atoms with Crippen LogP contribution < -0.4 is 4.74 Å². The molecule has 0 amide bonds. The zero-order valence-corrected chi connectivity index (χ0v) is 12.3. The maximum atomic E-state index is 5.42. The Morgan fingerprint density at radius 2 is 1.72 bits per heavy atom. The van der Waals surface area contributed by atoms with Gasteiger partial charge >= 0.3 is 0 Å². The highest BCUT2D eigenvalue weighted by atomic mass is 16.5. The lowest BCUT2D eigenvalue weighted by molar-refractivity contribution is 0.340. The lowest BCUT2D eigenvalue weighted by Crippen LogP contribution is -2.33. The fourth-order valence-corrected chi connectivity index (χ4v) is 1.84. The number of aliphatic imine (C=N–C) groups is 1. The van der Waals surface area contributed by atoms with Gasteiger partial charge in [-0.1, -0.05) is 20.8 Å². The van der Waals surface area contributed by atoms with Crippen LogP contribution in [0.4, 0.5) is 5.69 Å². The number of rotatable bonds is 3. The number of ether oxygens (including phenoxy) is 1. The van der Waals surface area contributed by atoms with Crippen LogP contribution in [0, 0.1) is 5.41 Å². The summed E-state index contributed by atoms with van der Waals surface area (Å²) in [5, 5.41) is 0. The van der Waals surface area contributed by atoms with Gasteiger partial charge in [0.1, 0.15) is 11.6 Å². The molecule has 3 nitrogen and oxygen atoms in total. The van der Waals surface area contributed by atoms with Crippen LogP contribution in [0.15, 0.2) is 29.3 Å². The fraction of sp³-hybridized carbons (Fsp3) is 0.533. The van der Waals surface area contributed by atoms with Gasteiger partial charge < -0.3 is 9.64 Å². The molecule has 0 aliphatic carbocycles. The predicted molar refractivity (Wildman–Crippen MR) is 77.8 cm³/mol. The number of hydrogen-bond donors (Lipinski definition) is 0. The van der Waals surface area contributed by atoms with E-state index in [0.29, 0.717) is 6.61 Å². The Balaban J connectivity index is 2.98. The van der Waals surface area contributed by atoms with Crippen LogP contribution in [0.25, 0.3) is 0 Å². The lowest BCUT2D eigenvalue weighted by Gasteiger charge is -2.27. The van der Waals surface area contributed by atoms with Gasteiger partial charge in [0.2, 0.25) is 0 Å². The normalized spacial score (nSPS) is 12.4. The van der Waals surface area contributed by atoms with E-state index in [1.807, 2.05) is 45.3 Å². The highest BCUT2D eigenvalue weighted by Crippen LogP contribution is 2.24. The maximum Gasteiger partial charge on any atom is 0.119 e. The molecule has 100 valence electrons. The smallest absolute Gasteiger partial charge is 0.119 e. The minimum Gasteiger partial charge on any atom is -0.494 e. The standard InChI is InChI=1S/C15H24N2O/c1-7-18-13-10-8-12(9-11-13)16-14(17(5)6)15(2,3)4/h8-11H,7H2,1-6H3. The van der Waals surface area contributed by atoms with E-state index in [2.05, 4.69) is 25.7 Å². The summed E-state index contributed by atoms with van der Waals surface area (Å²) in [6.07, 6.45) is 0. The van der Waals surface area contributed by atoms with Gasteiger partial charge in [-0.05, 0) is 31.2 Å². The van der Waals surface area contributed by atoms with Gasteiger partial charge in [0.25, 0.3) is 0 Å². The van der Waals surface area contributed by atoms with Crippen LogP contribution in [0.3, 0.4) is 0 Å². The summed E-state index contributed by atoms with van der Waals surface area (Å²) in [5.41, 5.74) is 0.985. The van der Waals surface area contributed by atoms with Gasteiger partial charge in [-0.15, -0.1) is 0 Å². The van der Waals surface area contributed by atoms with Gasteiger partial charge in [0, 0.05) is 19.5 Å². The molecule has 0 heterocycles. The molecule has 0 radical (unpaired) electrons. The molecule has 0 saturated heterocycles. The van der Waals surface area contributed by atoms with Gasteiger partial charge in [-0.3, -0.25) is 0 Å². The second kappa shape index (κ2) is 5.89. The number of amidine groups is 1. The molecule has 0 aliphatic rings. The van der Waals surface area contributed by atoms with Crippen molar-refractivity contribution in [3.8, 4) is 5.75 Å². The molecule has 0 spiro atoms. The Kier molecular flexibility index (Phi) is 4.76. The molecular formula is C15H24N2O. The quantitative estimate of drug-likeness (QED) is 0.601.